The Kier molecular flexibility index (Phi) is 2.14. The van der Waals surface area contributed by atoms with Gasteiger partial charge in [-0.15, -0.1) is 0 Å². The molecule has 4 nitrogen and oxygen atoms in total. The Morgan fingerprint density at radius 2 is 1.33 bits per heavy atom. The molecule has 2 rings (SSSR count). The maximum Gasteiger partial charge on any atom is 0.163 e. The Morgan fingerprint density at radius 1 is 0.933 bits per heavy atom. The summed E-state index contributed by atoms with van der Waals surface area (Å²) in [7, 11) is 3.23. The number of rotatable bonds is 2. The summed E-state index contributed by atoms with van der Waals surface area (Å²) in [6.07, 6.45) is 0. The summed E-state index contributed by atoms with van der Waals surface area (Å²) in [6, 6.07) is 3.71. The third kappa shape index (κ3) is 1.67. The lowest BCUT2D eigenvalue weighted by Crippen LogP contribution is -2.21. The molecule has 1 aromatic rings. The van der Waals surface area contributed by atoms with Crippen LogP contribution in [0.3, 0.4) is 0 Å². The molecule has 0 spiro atoms. The second kappa shape index (κ2) is 3.22. The molecule has 0 amide bonds. The fraction of sp³-hybridized carbons (Fsp3) is 0.455. The van der Waals surface area contributed by atoms with E-state index in [2.05, 4.69) is 9.98 Å². The van der Waals surface area contributed by atoms with Crippen molar-refractivity contribution in [3.05, 3.63) is 22.8 Å². The van der Waals surface area contributed by atoms with E-state index in [1.807, 2.05) is 26.0 Å². The van der Waals surface area contributed by atoms with Crippen molar-refractivity contribution >= 4 is 0 Å². The van der Waals surface area contributed by atoms with Gasteiger partial charge in [0.2, 0.25) is 0 Å². The monoisotopic (exact) mass is 206 g/mol. The van der Waals surface area contributed by atoms with Crippen molar-refractivity contribution in [1.82, 2.24) is 0 Å². The normalized spacial score (nSPS) is 16.3. The molecule has 0 atom stereocenters. The van der Waals surface area contributed by atoms with Crippen molar-refractivity contribution in [2.24, 2.45) is 9.98 Å². The number of fused-ring (bicyclic) bond motifs is 1. The first-order valence-corrected chi connectivity index (χ1v) is 4.77. The highest BCUT2D eigenvalue weighted by Gasteiger charge is 2.19. The average Bonchev–Trinajstić information content (AvgIpc) is 2.48. The Bertz CT molecular complexity index is 461. The van der Waals surface area contributed by atoms with Gasteiger partial charge >= 0.3 is 0 Å². The van der Waals surface area contributed by atoms with Crippen molar-refractivity contribution in [3.8, 4) is 11.5 Å². The van der Waals surface area contributed by atoms with E-state index in [0.29, 0.717) is 11.5 Å². The molecule has 1 heterocycles. The topological polar surface area (TPSA) is 43.2 Å². The Hall–Kier alpha value is -1.58. The molecule has 1 aliphatic rings. The molecule has 4 heteroatoms. The van der Waals surface area contributed by atoms with Gasteiger partial charge in [0.1, 0.15) is 5.66 Å². The zero-order chi connectivity index (χ0) is 11.1. The number of ether oxygens (including phenoxy) is 2. The Balaban J connectivity index is 2.69. The van der Waals surface area contributed by atoms with Gasteiger partial charge in [0.05, 0.1) is 24.9 Å². The molecule has 0 N–H and O–H groups in total. The lowest BCUT2D eigenvalue weighted by molar-refractivity contribution is 0.354. The molecule has 0 aliphatic carbocycles. The lowest BCUT2D eigenvalue weighted by Gasteiger charge is -2.06. The van der Waals surface area contributed by atoms with Crippen LogP contribution >= 0.6 is 0 Å². The second-order valence-corrected chi connectivity index (χ2v) is 3.91. The van der Waals surface area contributed by atoms with Gasteiger partial charge in [-0.1, -0.05) is 0 Å². The summed E-state index contributed by atoms with van der Waals surface area (Å²) in [4.78, 5) is 8.93. The molecule has 0 radical (unpaired) electrons. The maximum absolute atomic E-state index is 5.20. The maximum atomic E-state index is 5.20. The molecule has 0 bridgehead atoms. The minimum atomic E-state index is -0.375. The largest absolute Gasteiger partial charge is 0.493 e. The zero-order valence-corrected chi connectivity index (χ0v) is 9.37. The van der Waals surface area contributed by atoms with E-state index >= 15 is 0 Å². The summed E-state index contributed by atoms with van der Waals surface area (Å²) >= 11 is 0. The van der Waals surface area contributed by atoms with Crippen molar-refractivity contribution < 1.29 is 9.47 Å². The van der Waals surface area contributed by atoms with E-state index in [0.717, 1.165) is 10.7 Å². The van der Waals surface area contributed by atoms with Crippen molar-refractivity contribution in [2.75, 3.05) is 14.2 Å². The fourth-order valence-electron chi connectivity index (χ4n) is 1.65. The number of nitrogens with zero attached hydrogens (tertiary/aromatic N) is 2. The molecule has 0 fully saturated rings. The quantitative estimate of drug-likeness (QED) is 0.714. The number of hydrogen-bond acceptors (Lipinski definition) is 4. The number of hydrogen-bond donors (Lipinski definition) is 0. The summed E-state index contributed by atoms with van der Waals surface area (Å²) in [5.41, 5.74) is -0.375. The summed E-state index contributed by atoms with van der Waals surface area (Å²) in [5.74, 6) is 1.38. The van der Waals surface area contributed by atoms with E-state index in [1.165, 1.54) is 0 Å². The van der Waals surface area contributed by atoms with Crippen molar-refractivity contribution in [1.29, 1.82) is 0 Å². The van der Waals surface area contributed by atoms with Gasteiger partial charge in [-0.3, -0.25) is 9.98 Å². The van der Waals surface area contributed by atoms with Gasteiger partial charge in [0, 0.05) is 12.1 Å². The number of methoxy groups -OCH3 is 2. The molecule has 1 aromatic carbocycles. The van der Waals surface area contributed by atoms with E-state index in [-0.39, 0.29) is 5.66 Å². The first-order chi connectivity index (χ1) is 7.05. The van der Waals surface area contributed by atoms with E-state index < -0.39 is 0 Å². The van der Waals surface area contributed by atoms with E-state index in [1.54, 1.807) is 14.2 Å². The SMILES string of the molecule is COc1cc2c(cc1OC)=NC(C)(C)N=2. The van der Waals surface area contributed by atoms with Crippen LogP contribution in [0.1, 0.15) is 13.8 Å². The molecule has 0 aromatic heterocycles. The van der Waals surface area contributed by atoms with Gasteiger partial charge in [0.15, 0.2) is 11.5 Å². The highest BCUT2D eigenvalue weighted by molar-refractivity contribution is 5.39. The molecule has 0 unspecified atom stereocenters. The van der Waals surface area contributed by atoms with Crippen LogP contribution in [0.2, 0.25) is 0 Å². The Morgan fingerprint density at radius 3 is 1.67 bits per heavy atom. The van der Waals surface area contributed by atoms with Crippen LogP contribution in [0.4, 0.5) is 0 Å². The molecular formula is C11H14N2O2. The number of benzene rings is 1. The van der Waals surface area contributed by atoms with Crippen LogP contribution in [0.5, 0.6) is 11.5 Å². The second-order valence-electron chi connectivity index (χ2n) is 3.91. The van der Waals surface area contributed by atoms with Crippen LogP contribution in [-0.4, -0.2) is 19.9 Å². The highest BCUT2D eigenvalue weighted by Crippen LogP contribution is 2.23. The summed E-state index contributed by atoms with van der Waals surface area (Å²) in [5, 5.41) is 1.72. The third-order valence-electron chi connectivity index (χ3n) is 2.27. The molecule has 15 heavy (non-hydrogen) atoms. The minimum absolute atomic E-state index is 0.375. The van der Waals surface area contributed by atoms with Crippen molar-refractivity contribution in [3.63, 3.8) is 0 Å². The molecule has 0 saturated carbocycles. The zero-order valence-electron chi connectivity index (χ0n) is 9.37. The minimum Gasteiger partial charge on any atom is -0.493 e. The summed E-state index contributed by atoms with van der Waals surface area (Å²) < 4.78 is 10.4. The van der Waals surface area contributed by atoms with Crippen LogP contribution in [0, 0.1) is 0 Å². The fourth-order valence-corrected chi connectivity index (χ4v) is 1.65. The predicted octanol–water partition coefficient (Wildman–Crippen LogP) is 0.693. The van der Waals surface area contributed by atoms with Crippen molar-refractivity contribution in [2.45, 2.75) is 19.5 Å². The van der Waals surface area contributed by atoms with Crippen LogP contribution in [0.25, 0.3) is 0 Å². The van der Waals surface area contributed by atoms with E-state index in [4.69, 9.17) is 9.47 Å². The van der Waals surface area contributed by atoms with Gasteiger partial charge in [-0.05, 0) is 13.8 Å². The van der Waals surface area contributed by atoms with Crippen LogP contribution < -0.4 is 20.2 Å². The third-order valence-corrected chi connectivity index (χ3v) is 2.27. The van der Waals surface area contributed by atoms with Gasteiger partial charge in [-0.25, -0.2) is 0 Å². The standard InChI is InChI=1S/C11H14N2O2/c1-11(2)12-7-5-9(14-3)10(15-4)6-8(7)13-11/h5-6H,1-4H3. The predicted molar refractivity (Wildman–Crippen MR) is 55.9 cm³/mol. The lowest BCUT2D eigenvalue weighted by atomic mass is 10.3. The van der Waals surface area contributed by atoms with Gasteiger partial charge in [-0.2, -0.15) is 0 Å². The molecule has 1 aliphatic heterocycles. The Labute approximate surface area is 88.3 Å². The highest BCUT2D eigenvalue weighted by atomic mass is 16.5. The van der Waals surface area contributed by atoms with E-state index in [9.17, 15) is 0 Å². The molecule has 0 saturated heterocycles. The van der Waals surface area contributed by atoms with Gasteiger partial charge < -0.3 is 9.47 Å². The molecular weight excluding hydrogens is 192 g/mol. The summed E-state index contributed by atoms with van der Waals surface area (Å²) in [6.45, 7) is 3.93. The first-order valence-electron chi connectivity index (χ1n) is 4.77. The van der Waals surface area contributed by atoms with Crippen LogP contribution in [-0.2, 0) is 0 Å². The average molecular weight is 206 g/mol. The smallest absolute Gasteiger partial charge is 0.163 e. The first kappa shape index (κ1) is 9.96. The molecule has 80 valence electrons. The van der Waals surface area contributed by atoms with Crippen LogP contribution in [0.15, 0.2) is 22.1 Å². The van der Waals surface area contributed by atoms with Gasteiger partial charge in [0.25, 0.3) is 0 Å².